The first-order valence-corrected chi connectivity index (χ1v) is 10.1. The van der Waals surface area contributed by atoms with Crippen LogP contribution in [-0.2, 0) is 9.31 Å². The Kier molecular flexibility index (Phi) is 7.35. The zero-order valence-corrected chi connectivity index (χ0v) is 19.9. The zero-order chi connectivity index (χ0) is 21.1. The molecule has 3 rings (SSSR count). The molecule has 0 unspecified atom stereocenters. The van der Waals surface area contributed by atoms with Crippen molar-refractivity contribution in [1.82, 2.24) is 9.97 Å². The summed E-state index contributed by atoms with van der Waals surface area (Å²) in [5.41, 5.74) is 6.24. The van der Waals surface area contributed by atoms with Crippen LogP contribution in [0.15, 0.2) is 33.5 Å². The zero-order valence-electron chi connectivity index (χ0n) is 16.7. The molecular formula is C18H24BBr2N3O4. The highest BCUT2D eigenvalue weighted by molar-refractivity contribution is 9.10. The number of methoxy groups -OCH3 is 2. The second-order valence-electron chi connectivity index (χ2n) is 7.11. The lowest BCUT2D eigenvalue weighted by Gasteiger charge is -2.32. The van der Waals surface area contributed by atoms with Crippen molar-refractivity contribution in [3.63, 3.8) is 0 Å². The first-order valence-electron chi connectivity index (χ1n) is 8.51. The summed E-state index contributed by atoms with van der Waals surface area (Å²) in [5, 5.41) is 0. The van der Waals surface area contributed by atoms with E-state index in [1.807, 2.05) is 33.8 Å². The molecule has 28 heavy (non-hydrogen) atoms. The van der Waals surface area contributed by atoms with Gasteiger partial charge in [-0.05, 0) is 71.7 Å². The number of rotatable bonds is 3. The maximum atomic E-state index is 5.95. The van der Waals surface area contributed by atoms with E-state index in [0.29, 0.717) is 17.4 Å². The SMILES string of the molecule is COc1ncc(B2OC(C)(C)C(C)(C)O2)cc1Br.COc1ncc(N)cc1Br. The lowest BCUT2D eigenvalue weighted by Crippen LogP contribution is -2.41. The molecule has 0 atom stereocenters. The highest BCUT2D eigenvalue weighted by Gasteiger charge is 2.51. The number of pyridine rings is 2. The van der Waals surface area contributed by atoms with Gasteiger partial charge in [0.2, 0.25) is 11.8 Å². The fraction of sp³-hybridized carbons (Fsp3) is 0.444. The maximum Gasteiger partial charge on any atom is 0.496 e. The molecule has 1 fully saturated rings. The lowest BCUT2D eigenvalue weighted by atomic mass is 9.80. The predicted octanol–water partition coefficient (Wildman–Crippen LogP) is 3.59. The second kappa shape index (κ2) is 8.98. The van der Waals surface area contributed by atoms with Crippen molar-refractivity contribution in [2.45, 2.75) is 38.9 Å². The third-order valence-electron chi connectivity index (χ3n) is 4.57. The molecule has 0 radical (unpaired) electrons. The van der Waals surface area contributed by atoms with E-state index in [2.05, 4.69) is 41.8 Å². The number of anilines is 1. The third-order valence-corrected chi connectivity index (χ3v) is 5.71. The number of aromatic nitrogens is 2. The Hall–Kier alpha value is -1.36. The van der Waals surface area contributed by atoms with Gasteiger partial charge >= 0.3 is 7.12 Å². The number of nitrogens with two attached hydrogens (primary N) is 1. The van der Waals surface area contributed by atoms with Crippen LogP contribution in [0.2, 0.25) is 0 Å². The Morgan fingerprint density at radius 2 is 1.36 bits per heavy atom. The molecular weight excluding hydrogens is 493 g/mol. The van der Waals surface area contributed by atoms with Gasteiger partial charge in [0.05, 0.1) is 46.3 Å². The smallest absolute Gasteiger partial charge is 0.480 e. The summed E-state index contributed by atoms with van der Waals surface area (Å²) in [6.07, 6.45) is 3.26. The molecule has 0 saturated carbocycles. The van der Waals surface area contributed by atoms with E-state index in [4.69, 9.17) is 24.5 Å². The number of halogens is 2. The van der Waals surface area contributed by atoms with Crippen molar-refractivity contribution in [2.24, 2.45) is 0 Å². The molecule has 0 aliphatic carbocycles. The van der Waals surface area contributed by atoms with Crippen LogP contribution in [0.5, 0.6) is 11.8 Å². The van der Waals surface area contributed by atoms with E-state index in [-0.39, 0.29) is 11.2 Å². The maximum absolute atomic E-state index is 5.95. The summed E-state index contributed by atoms with van der Waals surface area (Å²) in [6.45, 7) is 8.11. The Labute approximate surface area is 182 Å². The van der Waals surface area contributed by atoms with E-state index in [9.17, 15) is 0 Å². The van der Waals surface area contributed by atoms with E-state index in [0.717, 1.165) is 14.4 Å². The van der Waals surface area contributed by atoms with Crippen molar-refractivity contribution in [3.8, 4) is 11.8 Å². The van der Waals surface area contributed by atoms with Gasteiger partial charge in [-0.25, -0.2) is 9.97 Å². The van der Waals surface area contributed by atoms with Gasteiger partial charge in [0, 0.05) is 11.7 Å². The fourth-order valence-electron chi connectivity index (χ4n) is 2.29. The molecule has 152 valence electrons. The Morgan fingerprint density at radius 3 is 1.79 bits per heavy atom. The first kappa shape index (κ1) is 22.9. The molecule has 3 heterocycles. The summed E-state index contributed by atoms with van der Waals surface area (Å²) in [5.74, 6) is 1.10. The van der Waals surface area contributed by atoms with Crippen molar-refractivity contribution in [1.29, 1.82) is 0 Å². The van der Waals surface area contributed by atoms with Crippen molar-refractivity contribution >= 4 is 50.1 Å². The molecule has 0 aromatic carbocycles. The third kappa shape index (κ3) is 5.17. The minimum absolute atomic E-state index is 0.343. The molecule has 0 spiro atoms. The van der Waals surface area contributed by atoms with Crippen molar-refractivity contribution < 1.29 is 18.8 Å². The average Bonchev–Trinajstić information content (AvgIpc) is 2.83. The molecule has 10 heteroatoms. The molecule has 0 bridgehead atoms. The van der Waals surface area contributed by atoms with Crippen LogP contribution < -0.4 is 20.7 Å². The standard InChI is InChI=1S/C12H17BBrNO3.C6H7BrN2O/c1-11(2)12(3,4)18-13(17-11)8-6-9(14)10(16-5)15-7-8;1-10-6-5(7)2-4(8)3-9-6/h6-7H,1-5H3;2-3H,8H2,1H3. The van der Waals surface area contributed by atoms with Gasteiger partial charge in [-0.1, -0.05) is 0 Å². The first-order chi connectivity index (χ1) is 13.0. The molecule has 2 aromatic heterocycles. The highest BCUT2D eigenvalue weighted by atomic mass is 79.9. The van der Waals surface area contributed by atoms with Crippen LogP contribution in [-0.4, -0.2) is 42.5 Å². The monoisotopic (exact) mass is 515 g/mol. The molecule has 1 aliphatic rings. The van der Waals surface area contributed by atoms with Gasteiger partial charge in [0.15, 0.2) is 0 Å². The van der Waals surface area contributed by atoms with E-state index in [1.54, 1.807) is 32.7 Å². The van der Waals surface area contributed by atoms with E-state index < -0.39 is 7.12 Å². The number of ether oxygens (including phenoxy) is 2. The van der Waals surface area contributed by atoms with Gasteiger partial charge in [-0.15, -0.1) is 0 Å². The predicted molar refractivity (Wildman–Crippen MR) is 117 cm³/mol. The summed E-state index contributed by atoms with van der Waals surface area (Å²) >= 11 is 6.65. The number of nitrogen functional groups attached to an aromatic ring is 1. The summed E-state index contributed by atoms with van der Waals surface area (Å²) < 4.78 is 23.5. The van der Waals surface area contributed by atoms with Crippen LogP contribution in [0, 0.1) is 0 Å². The van der Waals surface area contributed by atoms with Crippen LogP contribution in [0.3, 0.4) is 0 Å². The molecule has 2 aromatic rings. The Balaban J connectivity index is 0.000000237. The number of hydrogen-bond donors (Lipinski definition) is 1. The van der Waals surface area contributed by atoms with Gasteiger partial charge in [0.1, 0.15) is 0 Å². The number of hydrogen-bond acceptors (Lipinski definition) is 7. The minimum Gasteiger partial charge on any atom is -0.480 e. The number of nitrogens with zero attached hydrogens (tertiary/aromatic N) is 2. The van der Waals surface area contributed by atoms with Gasteiger partial charge in [0.25, 0.3) is 0 Å². The quantitative estimate of drug-likeness (QED) is 0.624. The van der Waals surface area contributed by atoms with Crippen LogP contribution in [0.1, 0.15) is 27.7 Å². The van der Waals surface area contributed by atoms with Crippen LogP contribution in [0.4, 0.5) is 5.69 Å². The minimum atomic E-state index is -0.398. The second-order valence-corrected chi connectivity index (χ2v) is 8.82. The Morgan fingerprint density at radius 1 is 0.893 bits per heavy atom. The largest absolute Gasteiger partial charge is 0.496 e. The average molecular weight is 517 g/mol. The van der Waals surface area contributed by atoms with Crippen molar-refractivity contribution in [3.05, 3.63) is 33.5 Å². The molecule has 2 N–H and O–H groups in total. The van der Waals surface area contributed by atoms with Crippen LogP contribution in [0.25, 0.3) is 0 Å². The van der Waals surface area contributed by atoms with Gasteiger partial charge in [-0.2, -0.15) is 0 Å². The molecule has 7 nitrogen and oxygen atoms in total. The summed E-state index contributed by atoms with van der Waals surface area (Å²) in [6, 6.07) is 3.65. The molecule has 0 amide bonds. The van der Waals surface area contributed by atoms with E-state index in [1.165, 1.54) is 0 Å². The topological polar surface area (TPSA) is 88.7 Å². The Bertz CT molecular complexity index is 820. The van der Waals surface area contributed by atoms with E-state index >= 15 is 0 Å². The summed E-state index contributed by atoms with van der Waals surface area (Å²) in [7, 11) is 2.75. The molecule has 1 aliphatic heterocycles. The summed E-state index contributed by atoms with van der Waals surface area (Å²) in [4.78, 5) is 8.11. The fourth-order valence-corrected chi connectivity index (χ4v) is 3.35. The highest BCUT2D eigenvalue weighted by Crippen LogP contribution is 2.36. The van der Waals surface area contributed by atoms with Crippen molar-refractivity contribution in [2.75, 3.05) is 20.0 Å². The van der Waals surface area contributed by atoms with Crippen LogP contribution >= 0.6 is 31.9 Å². The molecule has 1 saturated heterocycles. The lowest BCUT2D eigenvalue weighted by molar-refractivity contribution is 0.00578. The van der Waals surface area contributed by atoms with Gasteiger partial charge in [-0.3, -0.25) is 0 Å². The normalized spacial score (nSPS) is 16.9. The van der Waals surface area contributed by atoms with Gasteiger partial charge < -0.3 is 24.5 Å².